The number of fused-ring (bicyclic) bond motifs is 2. The molecule has 0 saturated carbocycles. The predicted octanol–water partition coefficient (Wildman–Crippen LogP) is 3.45. The molecule has 2 aromatic heterocycles. The average Bonchev–Trinajstić information content (AvgIpc) is 3.29. The maximum absolute atomic E-state index is 11.2. The van der Waals surface area contributed by atoms with Crippen LogP contribution in [-0.2, 0) is 19.5 Å². The molecule has 0 aliphatic carbocycles. The molecule has 2 heterocycles. The summed E-state index contributed by atoms with van der Waals surface area (Å²) in [6.07, 6.45) is 0. The van der Waals surface area contributed by atoms with E-state index in [1.807, 2.05) is 0 Å². The van der Waals surface area contributed by atoms with Crippen molar-refractivity contribution >= 4 is 75.5 Å². The van der Waals surface area contributed by atoms with Gasteiger partial charge in [-0.3, -0.25) is 4.55 Å². The van der Waals surface area contributed by atoms with E-state index in [0.717, 1.165) is 33.6 Å². The van der Waals surface area contributed by atoms with E-state index in [1.54, 1.807) is 18.2 Å². The minimum atomic E-state index is -4.37. The lowest BCUT2D eigenvalue weighted by Crippen LogP contribution is -2.01. The standard InChI is InChI=1S/2C8H8N2O4S2/c1-12-5-3-6-4(10-8(9)15-6)2-7(5)16-14-13-11;1-14-5-3-2-4-6(15-8(9)10-4)7(5)16(11,12)13/h2-3,11H,1H3,(H2,9,10);2-3H,1H3,(H2,9,10)(H,11,12,13). The van der Waals surface area contributed by atoms with E-state index in [0.29, 0.717) is 26.0 Å². The second-order valence-electron chi connectivity index (χ2n) is 5.72. The second kappa shape index (κ2) is 10.0. The van der Waals surface area contributed by atoms with Crippen molar-refractivity contribution in [3.05, 3.63) is 24.3 Å². The normalized spacial score (nSPS) is 11.4. The van der Waals surface area contributed by atoms with Gasteiger partial charge in [0.05, 0.1) is 51.6 Å². The Morgan fingerprint density at radius 2 is 1.66 bits per heavy atom. The van der Waals surface area contributed by atoms with E-state index in [2.05, 4.69) is 19.3 Å². The molecule has 4 rings (SSSR count). The van der Waals surface area contributed by atoms with Gasteiger partial charge in [0.1, 0.15) is 11.5 Å². The molecule has 0 spiro atoms. The first kappa shape index (κ1) is 24.2. The van der Waals surface area contributed by atoms with Crippen molar-refractivity contribution in [2.24, 2.45) is 0 Å². The molecule has 0 aliphatic rings. The van der Waals surface area contributed by atoms with Crippen molar-refractivity contribution in [1.82, 2.24) is 9.97 Å². The zero-order chi connectivity index (χ0) is 23.5. The third-order valence-corrected chi connectivity index (χ3v) is 7.26. The van der Waals surface area contributed by atoms with Crippen molar-refractivity contribution < 1.29 is 37.1 Å². The Kier molecular flexibility index (Phi) is 7.57. The first-order valence-corrected chi connectivity index (χ1v) is 12.1. The maximum atomic E-state index is 11.2. The number of anilines is 2. The van der Waals surface area contributed by atoms with Gasteiger partial charge in [-0.2, -0.15) is 8.42 Å². The van der Waals surface area contributed by atoms with Crippen LogP contribution in [-0.4, -0.2) is 42.4 Å². The number of nitrogen functional groups attached to an aromatic ring is 2. The molecular weight excluding hydrogens is 504 g/mol. The molecule has 32 heavy (non-hydrogen) atoms. The van der Waals surface area contributed by atoms with E-state index in [-0.39, 0.29) is 15.8 Å². The first-order chi connectivity index (χ1) is 15.2. The molecule has 4 aromatic rings. The van der Waals surface area contributed by atoms with Gasteiger partial charge >= 0.3 is 0 Å². The van der Waals surface area contributed by atoms with E-state index in [1.165, 1.54) is 31.6 Å². The van der Waals surface area contributed by atoms with E-state index in [9.17, 15) is 8.42 Å². The smallest absolute Gasteiger partial charge is 0.299 e. The summed E-state index contributed by atoms with van der Waals surface area (Å²) in [5, 5.41) is 12.3. The highest BCUT2D eigenvalue weighted by atomic mass is 32.2. The molecule has 0 aliphatic heterocycles. The molecule has 0 saturated heterocycles. The van der Waals surface area contributed by atoms with Gasteiger partial charge in [0.15, 0.2) is 15.2 Å². The summed E-state index contributed by atoms with van der Waals surface area (Å²) in [6, 6.07) is 6.54. The average molecular weight is 521 g/mol. The minimum absolute atomic E-state index is 0.0682. The Morgan fingerprint density at radius 3 is 2.28 bits per heavy atom. The maximum Gasteiger partial charge on any atom is 0.299 e. The summed E-state index contributed by atoms with van der Waals surface area (Å²) in [5.74, 6) is 0.664. The number of methoxy groups -OCH3 is 2. The van der Waals surface area contributed by atoms with Gasteiger partial charge in [0.25, 0.3) is 10.1 Å². The molecule has 6 N–H and O–H groups in total. The molecule has 12 nitrogen and oxygen atoms in total. The molecule has 0 unspecified atom stereocenters. The highest BCUT2D eigenvalue weighted by Crippen LogP contribution is 2.37. The van der Waals surface area contributed by atoms with Crippen LogP contribution in [0.1, 0.15) is 0 Å². The van der Waals surface area contributed by atoms with Gasteiger partial charge in [0.2, 0.25) is 0 Å². The summed E-state index contributed by atoms with van der Waals surface area (Å²) in [4.78, 5) is 8.40. The number of ether oxygens (including phenoxy) is 2. The van der Waals surface area contributed by atoms with E-state index in [4.69, 9.17) is 30.8 Å². The van der Waals surface area contributed by atoms with Gasteiger partial charge < -0.3 is 20.9 Å². The second-order valence-corrected chi connectivity index (χ2v) is 9.92. The van der Waals surface area contributed by atoms with E-state index < -0.39 is 10.1 Å². The molecule has 0 radical (unpaired) electrons. The van der Waals surface area contributed by atoms with Crippen LogP contribution in [0.2, 0.25) is 0 Å². The number of hydrogen-bond acceptors (Lipinski definition) is 14. The van der Waals surface area contributed by atoms with Crippen molar-refractivity contribution in [2.75, 3.05) is 25.7 Å². The minimum Gasteiger partial charge on any atom is -0.495 e. The van der Waals surface area contributed by atoms with Gasteiger partial charge in [-0.1, -0.05) is 27.7 Å². The highest BCUT2D eigenvalue weighted by molar-refractivity contribution is 7.94. The van der Waals surface area contributed by atoms with Gasteiger partial charge in [-0.05, 0) is 18.2 Å². The molecule has 2 aromatic carbocycles. The zero-order valence-corrected chi connectivity index (χ0v) is 19.6. The molecule has 16 heteroatoms. The molecular formula is C16H16N4O8S4. The Hall–Kier alpha value is -2.44. The zero-order valence-electron chi connectivity index (χ0n) is 16.3. The van der Waals surface area contributed by atoms with Crippen molar-refractivity contribution in [3.63, 3.8) is 0 Å². The van der Waals surface area contributed by atoms with Crippen LogP contribution in [0.5, 0.6) is 11.5 Å². The SMILES string of the molecule is COc1cc2sc(N)nc2cc1SOOO.COc1ccc2nc(N)sc2c1S(=O)(=O)O. The Bertz CT molecular complexity index is 1360. The predicted molar refractivity (Wildman–Crippen MR) is 122 cm³/mol. The largest absolute Gasteiger partial charge is 0.495 e. The number of rotatable bonds is 6. The van der Waals surface area contributed by atoms with Crippen LogP contribution in [0.3, 0.4) is 0 Å². The number of aromatic nitrogens is 2. The lowest BCUT2D eigenvalue weighted by Gasteiger charge is -2.05. The number of thiazole rings is 2. The first-order valence-electron chi connectivity index (χ1n) is 8.27. The summed E-state index contributed by atoms with van der Waals surface area (Å²) in [5.41, 5.74) is 12.2. The van der Waals surface area contributed by atoms with E-state index >= 15 is 0 Å². The number of benzene rings is 2. The quantitative estimate of drug-likeness (QED) is 0.125. The Labute approximate surface area is 193 Å². The summed E-state index contributed by atoms with van der Waals surface area (Å²) in [6.45, 7) is 0. The van der Waals surface area contributed by atoms with Crippen LogP contribution < -0.4 is 20.9 Å². The number of hydrogen-bond donors (Lipinski definition) is 4. The van der Waals surface area contributed by atoms with Gasteiger partial charge in [-0.25, -0.2) is 15.2 Å². The van der Waals surface area contributed by atoms with Crippen LogP contribution in [0, 0.1) is 0 Å². The fraction of sp³-hybridized carbons (Fsp3) is 0.125. The number of nitrogens with zero attached hydrogens (tertiary/aromatic N) is 2. The molecule has 0 bridgehead atoms. The van der Waals surface area contributed by atoms with Crippen LogP contribution in [0.15, 0.2) is 34.1 Å². The summed E-state index contributed by atoms with van der Waals surface area (Å²) < 4.78 is 47.3. The van der Waals surface area contributed by atoms with Gasteiger partial charge in [0, 0.05) is 6.07 Å². The Morgan fingerprint density at radius 1 is 1.00 bits per heavy atom. The van der Waals surface area contributed by atoms with Gasteiger partial charge in [-0.15, -0.1) is 4.33 Å². The highest BCUT2D eigenvalue weighted by Gasteiger charge is 2.22. The molecule has 0 fully saturated rings. The fourth-order valence-corrected chi connectivity index (χ4v) is 5.78. The molecule has 172 valence electrons. The topological polar surface area (TPSA) is 189 Å². The lowest BCUT2D eigenvalue weighted by atomic mass is 10.3. The third kappa shape index (κ3) is 5.30. The van der Waals surface area contributed by atoms with Crippen LogP contribution >= 0.6 is 34.7 Å². The Balaban J connectivity index is 0.000000181. The summed E-state index contributed by atoms with van der Waals surface area (Å²) in [7, 11) is -1.51. The third-order valence-electron chi connectivity index (χ3n) is 3.81. The fourth-order valence-electron chi connectivity index (χ4n) is 2.60. The van der Waals surface area contributed by atoms with Crippen LogP contribution in [0.25, 0.3) is 20.4 Å². The van der Waals surface area contributed by atoms with Crippen LogP contribution in [0.4, 0.5) is 10.3 Å². The summed E-state index contributed by atoms with van der Waals surface area (Å²) >= 11 is 3.18. The molecule has 0 atom stereocenters. The molecule has 0 amide bonds. The monoisotopic (exact) mass is 520 g/mol. The van der Waals surface area contributed by atoms with Crippen molar-refractivity contribution in [2.45, 2.75) is 9.79 Å². The number of nitrogens with two attached hydrogens (primary N) is 2. The van der Waals surface area contributed by atoms with Crippen molar-refractivity contribution in [1.29, 1.82) is 0 Å². The lowest BCUT2D eigenvalue weighted by molar-refractivity contribution is -0.432. The van der Waals surface area contributed by atoms with Crippen molar-refractivity contribution in [3.8, 4) is 11.5 Å².